The third-order valence-electron chi connectivity index (χ3n) is 2.74. The lowest BCUT2D eigenvalue weighted by atomic mass is 10.1. The summed E-state index contributed by atoms with van der Waals surface area (Å²) in [6, 6.07) is 5.98. The first-order valence-corrected chi connectivity index (χ1v) is 5.72. The fourth-order valence-corrected chi connectivity index (χ4v) is 1.66. The molecule has 0 saturated carbocycles. The van der Waals surface area contributed by atoms with Crippen LogP contribution in [0.1, 0.15) is 11.1 Å². The van der Waals surface area contributed by atoms with Gasteiger partial charge in [0.25, 0.3) is 0 Å². The Morgan fingerprint density at radius 2 is 1.88 bits per heavy atom. The number of anilines is 1. The van der Waals surface area contributed by atoms with E-state index in [1.165, 1.54) is 5.56 Å². The lowest BCUT2D eigenvalue weighted by molar-refractivity contribution is 0.416. The van der Waals surface area contributed by atoms with Crippen molar-refractivity contribution < 1.29 is 0 Å². The standard InChI is InChI=1S/C13H22N4/c1-10-5-6-11(13(14)15)12(9-10)17(4)8-7-16(2)3/h5-6,9H,7-8H2,1-4H3,(H3,14,15). The third kappa shape index (κ3) is 3.75. The smallest absolute Gasteiger partial charge is 0.124 e. The molecule has 1 rings (SSSR count). The van der Waals surface area contributed by atoms with Gasteiger partial charge in [-0.15, -0.1) is 0 Å². The molecule has 0 saturated heterocycles. The Hall–Kier alpha value is -1.55. The van der Waals surface area contributed by atoms with Crippen LogP contribution in [0.5, 0.6) is 0 Å². The van der Waals surface area contributed by atoms with Crippen LogP contribution in [0.3, 0.4) is 0 Å². The maximum atomic E-state index is 7.60. The average Bonchev–Trinajstić information content (AvgIpc) is 2.25. The quantitative estimate of drug-likeness (QED) is 0.596. The summed E-state index contributed by atoms with van der Waals surface area (Å²) in [6.07, 6.45) is 0. The van der Waals surface area contributed by atoms with Gasteiger partial charge in [-0.05, 0) is 38.7 Å². The number of benzene rings is 1. The predicted molar refractivity (Wildman–Crippen MR) is 74.0 cm³/mol. The van der Waals surface area contributed by atoms with Crippen molar-refractivity contribution >= 4 is 11.5 Å². The largest absolute Gasteiger partial charge is 0.384 e. The fourth-order valence-electron chi connectivity index (χ4n) is 1.66. The Balaban J connectivity index is 2.94. The van der Waals surface area contributed by atoms with E-state index in [0.29, 0.717) is 0 Å². The van der Waals surface area contributed by atoms with E-state index in [9.17, 15) is 0 Å². The lowest BCUT2D eigenvalue weighted by Crippen LogP contribution is -2.30. The second-order valence-electron chi connectivity index (χ2n) is 4.66. The van der Waals surface area contributed by atoms with Gasteiger partial charge in [0.2, 0.25) is 0 Å². The highest BCUT2D eigenvalue weighted by Gasteiger charge is 2.10. The molecule has 0 aromatic heterocycles. The summed E-state index contributed by atoms with van der Waals surface area (Å²) in [5, 5.41) is 7.60. The van der Waals surface area contributed by atoms with Gasteiger partial charge >= 0.3 is 0 Å². The number of hydrogen-bond acceptors (Lipinski definition) is 3. The van der Waals surface area contributed by atoms with Crippen molar-refractivity contribution in [3.05, 3.63) is 29.3 Å². The van der Waals surface area contributed by atoms with E-state index in [1.54, 1.807) is 0 Å². The van der Waals surface area contributed by atoms with Gasteiger partial charge in [0.1, 0.15) is 5.84 Å². The molecule has 4 heteroatoms. The Labute approximate surface area is 104 Å². The van der Waals surface area contributed by atoms with Crippen LogP contribution < -0.4 is 10.6 Å². The molecular formula is C13H22N4. The van der Waals surface area contributed by atoms with E-state index >= 15 is 0 Å². The highest BCUT2D eigenvalue weighted by molar-refractivity contribution is 6.00. The topological polar surface area (TPSA) is 56.4 Å². The van der Waals surface area contributed by atoms with Gasteiger partial charge in [-0.3, -0.25) is 5.41 Å². The van der Waals surface area contributed by atoms with Gasteiger partial charge < -0.3 is 15.5 Å². The maximum Gasteiger partial charge on any atom is 0.124 e. The predicted octanol–water partition coefficient (Wildman–Crippen LogP) is 1.28. The summed E-state index contributed by atoms with van der Waals surface area (Å²) in [5.74, 6) is 0.122. The molecule has 4 nitrogen and oxygen atoms in total. The molecule has 1 aromatic rings. The van der Waals surface area contributed by atoms with Gasteiger partial charge in [-0.25, -0.2) is 0 Å². The molecule has 0 fully saturated rings. The van der Waals surface area contributed by atoms with Crippen LogP contribution in [0.15, 0.2) is 18.2 Å². The summed E-state index contributed by atoms with van der Waals surface area (Å²) >= 11 is 0. The maximum absolute atomic E-state index is 7.60. The second-order valence-corrected chi connectivity index (χ2v) is 4.66. The normalized spacial score (nSPS) is 10.6. The van der Waals surface area contributed by atoms with Crippen molar-refractivity contribution in [3.63, 3.8) is 0 Å². The summed E-state index contributed by atoms with van der Waals surface area (Å²) in [4.78, 5) is 4.28. The van der Waals surface area contributed by atoms with Crippen LogP contribution >= 0.6 is 0 Å². The molecule has 3 N–H and O–H groups in total. The molecule has 0 aliphatic rings. The molecule has 0 heterocycles. The molecule has 0 bridgehead atoms. The Morgan fingerprint density at radius 1 is 1.24 bits per heavy atom. The van der Waals surface area contributed by atoms with Crippen LogP contribution in [-0.2, 0) is 0 Å². The molecule has 0 aliphatic carbocycles. The first-order valence-electron chi connectivity index (χ1n) is 5.72. The average molecular weight is 234 g/mol. The number of nitrogens with zero attached hydrogens (tertiary/aromatic N) is 2. The molecule has 0 amide bonds. The minimum Gasteiger partial charge on any atom is -0.384 e. The van der Waals surface area contributed by atoms with E-state index in [0.717, 1.165) is 24.3 Å². The monoisotopic (exact) mass is 234 g/mol. The van der Waals surface area contributed by atoms with Crippen LogP contribution in [-0.4, -0.2) is 45.0 Å². The van der Waals surface area contributed by atoms with Gasteiger partial charge in [0, 0.05) is 31.4 Å². The van der Waals surface area contributed by atoms with Gasteiger partial charge in [0.15, 0.2) is 0 Å². The first-order chi connectivity index (χ1) is 7.91. The summed E-state index contributed by atoms with van der Waals surface area (Å²) in [6.45, 7) is 3.94. The van der Waals surface area contributed by atoms with E-state index in [2.05, 4.69) is 30.0 Å². The number of likely N-dealkylation sites (N-methyl/N-ethyl adjacent to an activating group) is 2. The van der Waals surface area contributed by atoms with Crippen LogP contribution in [0.25, 0.3) is 0 Å². The van der Waals surface area contributed by atoms with E-state index < -0.39 is 0 Å². The van der Waals surface area contributed by atoms with Crippen LogP contribution in [0.4, 0.5) is 5.69 Å². The van der Waals surface area contributed by atoms with Gasteiger partial charge in [-0.1, -0.05) is 6.07 Å². The lowest BCUT2D eigenvalue weighted by Gasteiger charge is -2.24. The highest BCUT2D eigenvalue weighted by atomic mass is 15.2. The minimum absolute atomic E-state index is 0.122. The number of nitrogen functional groups attached to an aromatic ring is 1. The third-order valence-corrected chi connectivity index (χ3v) is 2.74. The van der Waals surface area contributed by atoms with Crippen LogP contribution in [0, 0.1) is 12.3 Å². The number of amidine groups is 1. The minimum atomic E-state index is 0.122. The summed E-state index contributed by atoms with van der Waals surface area (Å²) < 4.78 is 0. The van der Waals surface area contributed by atoms with E-state index in [1.807, 2.05) is 26.1 Å². The van der Waals surface area contributed by atoms with E-state index in [-0.39, 0.29) is 5.84 Å². The Kier molecular flexibility index (Phi) is 4.52. The van der Waals surface area contributed by atoms with Gasteiger partial charge in [-0.2, -0.15) is 0 Å². The van der Waals surface area contributed by atoms with E-state index in [4.69, 9.17) is 11.1 Å². The van der Waals surface area contributed by atoms with Crippen molar-refractivity contribution in [2.24, 2.45) is 5.73 Å². The molecular weight excluding hydrogens is 212 g/mol. The zero-order chi connectivity index (χ0) is 13.0. The van der Waals surface area contributed by atoms with Gasteiger partial charge in [0.05, 0.1) is 0 Å². The Bertz CT molecular complexity index is 398. The van der Waals surface area contributed by atoms with Crippen molar-refractivity contribution in [1.82, 2.24) is 4.90 Å². The summed E-state index contributed by atoms with van der Waals surface area (Å²) in [7, 11) is 6.14. The molecule has 0 unspecified atom stereocenters. The number of rotatable bonds is 5. The molecule has 94 valence electrons. The molecule has 0 aliphatic heterocycles. The van der Waals surface area contributed by atoms with Crippen LogP contribution in [0.2, 0.25) is 0 Å². The highest BCUT2D eigenvalue weighted by Crippen LogP contribution is 2.20. The first kappa shape index (κ1) is 13.5. The fraction of sp³-hybridized carbons (Fsp3) is 0.462. The molecule has 0 radical (unpaired) electrons. The molecule has 1 aromatic carbocycles. The number of nitrogens with one attached hydrogen (secondary N) is 1. The second kappa shape index (κ2) is 5.68. The number of aryl methyl sites for hydroxylation is 1. The SMILES string of the molecule is Cc1ccc(C(=N)N)c(N(C)CCN(C)C)c1. The number of hydrogen-bond donors (Lipinski definition) is 2. The molecule has 0 spiro atoms. The van der Waals surface area contributed by atoms with Crippen molar-refractivity contribution in [2.75, 3.05) is 39.1 Å². The Morgan fingerprint density at radius 3 is 2.41 bits per heavy atom. The van der Waals surface area contributed by atoms with Crippen molar-refractivity contribution in [2.45, 2.75) is 6.92 Å². The molecule has 0 atom stereocenters. The van der Waals surface area contributed by atoms with Crippen molar-refractivity contribution in [1.29, 1.82) is 5.41 Å². The number of nitrogens with two attached hydrogens (primary N) is 1. The zero-order valence-electron chi connectivity index (χ0n) is 11.1. The van der Waals surface area contributed by atoms with Crippen molar-refractivity contribution in [3.8, 4) is 0 Å². The zero-order valence-corrected chi connectivity index (χ0v) is 11.1. The molecule has 17 heavy (non-hydrogen) atoms. The summed E-state index contributed by atoms with van der Waals surface area (Å²) in [5.41, 5.74) is 8.62.